The first-order valence-corrected chi connectivity index (χ1v) is 7.33. The van der Waals surface area contributed by atoms with Crippen LogP contribution in [0.2, 0.25) is 0 Å². The number of hydrogen-bond acceptors (Lipinski definition) is 7. The van der Waals surface area contributed by atoms with E-state index in [1.165, 1.54) is 24.3 Å². The van der Waals surface area contributed by atoms with Crippen LogP contribution in [0.4, 0.5) is 5.69 Å². The SMILES string of the molecule is CC(OC(=O)C1CCC1)c1nnc(-c2ccc([N+](=O)[O-])cc2)o1. The number of rotatable bonds is 5. The summed E-state index contributed by atoms with van der Waals surface area (Å²) in [5, 5.41) is 18.4. The van der Waals surface area contributed by atoms with Crippen molar-refractivity contribution in [2.45, 2.75) is 32.3 Å². The molecule has 1 unspecified atom stereocenters. The van der Waals surface area contributed by atoms with E-state index in [4.69, 9.17) is 9.15 Å². The maximum Gasteiger partial charge on any atom is 0.309 e. The van der Waals surface area contributed by atoms with Crippen molar-refractivity contribution in [3.05, 3.63) is 40.3 Å². The minimum absolute atomic E-state index is 0.0173. The maximum absolute atomic E-state index is 11.8. The Bertz CT molecular complexity index is 721. The van der Waals surface area contributed by atoms with Gasteiger partial charge in [0.1, 0.15) is 0 Å². The van der Waals surface area contributed by atoms with Crippen LogP contribution in [0.5, 0.6) is 0 Å². The average Bonchev–Trinajstić information content (AvgIpc) is 2.95. The van der Waals surface area contributed by atoms with E-state index in [0.29, 0.717) is 5.56 Å². The number of esters is 1. The lowest BCUT2D eigenvalue weighted by atomic mass is 9.86. The molecule has 120 valence electrons. The third-order valence-electron chi connectivity index (χ3n) is 3.84. The van der Waals surface area contributed by atoms with E-state index in [9.17, 15) is 14.9 Å². The summed E-state index contributed by atoms with van der Waals surface area (Å²) in [5.74, 6) is 0.167. The van der Waals surface area contributed by atoms with Gasteiger partial charge in [-0.25, -0.2) is 0 Å². The molecule has 1 saturated carbocycles. The lowest BCUT2D eigenvalue weighted by Crippen LogP contribution is -2.25. The van der Waals surface area contributed by atoms with Gasteiger partial charge in [0.05, 0.1) is 10.8 Å². The van der Waals surface area contributed by atoms with Gasteiger partial charge in [0.25, 0.3) is 11.6 Å². The van der Waals surface area contributed by atoms with E-state index >= 15 is 0 Å². The Balaban J connectivity index is 1.69. The molecule has 23 heavy (non-hydrogen) atoms. The van der Waals surface area contributed by atoms with Crippen LogP contribution < -0.4 is 0 Å². The van der Waals surface area contributed by atoms with Gasteiger partial charge in [-0.15, -0.1) is 10.2 Å². The van der Waals surface area contributed by atoms with Crippen LogP contribution in [0.3, 0.4) is 0 Å². The predicted molar refractivity (Wildman–Crippen MR) is 78.2 cm³/mol. The number of nitrogens with zero attached hydrogens (tertiary/aromatic N) is 3. The summed E-state index contributed by atoms with van der Waals surface area (Å²) in [7, 11) is 0. The standard InChI is InChI=1S/C15H15N3O5/c1-9(22-15(19)11-3-2-4-11)13-16-17-14(23-13)10-5-7-12(8-6-10)18(20)21/h5-9,11H,2-4H2,1H3. The van der Waals surface area contributed by atoms with Crippen molar-refractivity contribution in [3.8, 4) is 11.5 Å². The van der Waals surface area contributed by atoms with E-state index < -0.39 is 11.0 Å². The Labute approximate surface area is 131 Å². The Hall–Kier alpha value is -2.77. The molecule has 1 aliphatic carbocycles. The number of carbonyl (C=O) groups is 1. The summed E-state index contributed by atoms with van der Waals surface area (Å²) >= 11 is 0. The van der Waals surface area contributed by atoms with Crippen LogP contribution >= 0.6 is 0 Å². The highest BCUT2D eigenvalue weighted by atomic mass is 16.6. The van der Waals surface area contributed by atoms with Crippen LogP contribution in [-0.2, 0) is 9.53 Å². The normalized spacial score (nSPS) is 15.7. The second kappa shape index (κ2) is 6.15. The second-order valence-corrected chi connectivity index (χ2v) is 5.46. The van der Waals surface area contributed by atoms with Crippen LogP contribution in [0.15, 0.2) is 28.7 Å². The van der Waals surface area contributed by atoms with Crippen molar-refractivity contribution >= 4 is 11.7 Å². The molecule has 0 amide bonds. The van der Waals surface area contributed by atoms with Crippen molar-refractivity contribution in [1.29, 1.82) is 0 Å². The van der Waals surface area contributed by atoms with Crippen molar-refractivity contribution < 1.29 is 18.9 Å². The lowest BCUT2D eigenvalue weighted by molar-refractivity contribution is -0.384. The molecule has 1 aromatic heterocycles. The first kappa shape index (κ1) is 15.1. The van der Waals surface area contributed by atoms with Gasteiger partial charge in [-0.2, -0.15) is 0 Å². The molecule has 1 heterocycles. The molecule has 0 aliphatic heterocycles. The number of non-ortho nitro benzene ring substituents is 1. The van der Waals surface area contributed by atoms with Crippen LogP contribution in [0, 0.1) is 16.0 Å². The summed E-state index contributed by atoms with van der Waals surface area (Å²) < 4.78 is 10.8. The number of ether oxygens (including phenoxy) is 1. The molecular formula is C15H15N3O5. The third kappa shape index (κ3) is 3.20. The van der Waals surface area contributed by atoms with E-state index in [0.717, 1.165) is 19.3 Å². The molecule has 1 aliphatic rings. The van der Waals surface area contributed by atoms with E-state index in [1.807, 2.05) is 0 Å². The topological polar surface area (TPSA) is 108 Å². The van der Waals surface area contributed by atoms with Crippen molar-refractivity contribution in [1.82, 2.24) is 10.2 Å². The van der Waals surface area contributed by atoms with Gasteiger partial charge in [0.15, 0.2) is 6.10 Å². The minimum atomic E-state index is -0.623. The zero-order chi connectivity index (χ0) is 16.4. The van der Waals surface area contributed by atoms with Gasteiger partial charge in [-0.05, 0) is 31.9 Å². The fourth-order valence-electron chi connectivity index (χ4n) is 2.21. The molecule has 0 bridgehead atoms. The monoisotopic (exact) mass is 317 g/mol. The Morgan fingerprint density at radius 2 is 2.04 bits per heavy atom. The van der Waals surface area contributed by atoms with Gasteiger partial charge >= 0.3 is 5.97 Å². The number of carbonyl (C=O) groups excluding carboxylic acids is 1. The quantitative estimate of drug-likeness (QED) is 0.473. The van der Waals surface area contributed by atoms with Gasteiger partial charge < -0.3 is 9.15 Å². The highest BCUT2D eigenvalue weighted by Gasteiger charge is 2.29. The largest absolute Gasteiger partial charge is 0.452 e. The fourth-order valence-corrected chi connectivity index (χ4v) is 2.21. The summed E-state index contributed by atoms with van der Waals surface area (Å²) in [4.78, 5) is 22.0. The number of nitro groups is 1. The van der Waals surface area contributed by atoms with Crippen molar-refractivity contribution in [2.75, 3.05) is 0 Å². The highest BCUT2D eigenvalue weighted by Crippen LogP contribution is 2.30. The number of hydrogen-bond donors (Lipinski definition) is 0. The first-order valence-electron chi connectivity index (χ1n) is 7.33. The van der Waals surface area contributed by atoms with E-state index in [1.54, 1.807) is 6.92 Å². The lowest BCUT2D eigenvalue weighted by Gasteiger charge is -2.24. The van der Waals surface area contributed by atoms with Gasteiger partial charge in [-0.3, -0.25) is 14.9 Å². The molecule has 1 aromatic carbocycles. The number of benzene rings is 1. The molecule has 3 rings (SSSR count). The molecule has 0 radical (unpaired) electrons. The first-order chi connectivity index (χ1) is 11.0. The predicted octanol–water partition coefficient (Wildman–Crippen LogP) is 3.05. The molecule has 0 saturated heterocycles. The zero-order valence-electron chi connectivity index (χ0n) is 12.5. The van der Waals surface area contributed by atoms with Gasteiger partial charge in [-0.1, -0.05) is 6.42 Å². The van der Waals surface area contributed by atoms with Gasteiger partial charge in [0, 0.05) is 17.7 Å². The van der Waals surface area contributed by atoms with Crippen LogP contribution in [0.1, 0.15) is 38.2 Å². The van der Waals surface area contributed by atoms with Gasteiger partial charge in [0.2, 0.25) is 5.89 Å². The van der Waals surface area contributed by atoms with Crippen molar-refractivity contribution in [3.63, 3.8) is 0 Å². The third-order valence-corrected chi connectivity index (χ3v) is 3.84. The molecule has 1 atom stereocenters. The summed E-state index contributed by atoms with van der Waals surface area (Å²) in [6.45, 7) is 1.67. The fraction of sp³-hybridized carbons (Fsp3) is 0.400. The van der Waals surface area contributed by atoms with Crippen LogP contribution in [-0.4, -0.2) is 21.1 Å². The van der Waals surface area contributed by atoms with Crippen molar-refractivity contribution in [2.24, 2.45) is 5.92 Å². The molecular weight excluding hydrogens is 302 g/mol. The summed E-state index contributed by atoms with van der Waals surface area (Å²) in [5.41, 5.74) is 0.545. The maximum atomic E-state index is 11.8. The molecule has 2 aromatic rings. The minimum Gasteiger partial charge on any atom is -0.452 e. The summed E-state index contributed by atoms with van der Waals surface area (Å²) in [6.07, 6.45) is 2.16. The summed E-state index contributed by atoms with van der Waals surface area (Å²) in [6, 6.07) is 5.78. The second-order valence-electron chi connectivity index (χ2n) is 5.46. The Morgan fingerprint density at radius 1 is 1.35 bits per heavy atom. The Morgan fingerprint density at radius 3 is 2.61 bits per heavy atom. The molecule has 1 fully saturated rings. The van der Waals surface area contributed by atoms with E-state index in [-0.39, 0.29) is 29.4 Å². The smallest absolute Gasteiger partial charge is 0.309 e. The number of nitro benzene ring substituents is 1. The highest BCUT2D eigenvalue weighted by molar-refractivity contribution is 5.73. The Kier molecular flexibility index (Phi) is 4.05. The average molecular weight is 317 g/mol. The zero-order valence-corrected chi connectivity index (χ0v) is 12.5. The molecule has 8 heteroatoms. The number of aromatic nitrogens is 2. The van der Waals surface area contributed by atoms with Crippen LogP contribution in [0.25, 0.3) is 11.5 Å². The molecule has 8 nitrogen and oxygen atoms in total. The molecule has 0 N–H and O–H groups in total. The molecule has 0 spiro atoms. The van der Waals surface area contributed by atoms with E-state index in [2.05, 4.69) is 10.2 Å².